The molecular formula is C15H21ClN4. The zero-order valence-corrected chi connectivity index (χ0v) is 13.4. The molecule has 2 aromatic rings. The Kier molecular flexibility index (Phi) is 4.16. The van der Waals surface area contributed by atoms with Crippen LogP contribution in [0.2, 0.25) is 5.02 Å². The lowest BCUT2D eigenvalue weighted by Crippen LogP contribution is -2.35. The average Bonchev–Trinajstić information content (AvgIpc) is 2.66. The smallest absolute Gasteiger partial charge is 0.156 e. The molecule has 2 rings (SSSR count). The maximum Gasteiger partial charge on any atom is 0.156 e. The molecular weight excluding hydrogens is 272 g/mol. The SMILES string of the molecule is Cc1cc(CNC(C)(C)C)cnc1-n1cc(Cl)c(C)n1. The second kappa shape index (κ2) is 5.54. The van der Waals surface area contributed by atoms with Crippen molar-refractivity contribution in [2.45, 2.75) is 46.7 Å². The van der Waals surface area contributed by atoms with Gasteiger partial charge in [0.2, 0.25) is 0 Å². The molecule has 0 aliphatic carbocycles. The van der Waals surface area contributed by atoms with Crippen molar-refractivity contribution in [2.24, 2.45) is 0 Å². The van der Waals surface area contributed by atoms with Gasteiger partial charge in [0.25, 0.3) is 0 Å². The van der Waals surface area contributed by atoms with Crippen LogP contribution < -0.4 is 5.32 Å². The van der Waals surface area contributed by atoms with Gasteiger partial charge in [-0.1, -0.05) is 11.6 Å². The van der Waals surface area contributed by atoms with Gasteiger partial charge in [-0.15, -0.1) is 0 Å². The van der Waals surface area contributed by atoms with E-state index in [4.69, 9.17) is 11.6 Å². The number of hydrogen-bond donors (Lipinski definition) is 1. The molecule has 0 saturated carbocycles. The highest BCUT2D eigenvalue weighted by Gasteiger charge is 2.11. The van der Waals surface area contributed by atoms with E-state index in [2.05, 4.69) is 42.2 Å². The van der Waals surface area contributed by atoms with Crippen LogP contribution in [0.15, 0.2) is 18.5 Å². The molecule has 0 radical (unpaired) electrons. The van der Waals surface area contributed by atoms with Gasteiger partial charge in [0, 0.05) is 18.3 Å². The summed E-state index contributed by atoms with van der Waals surface area (Å²) in [4.78, 5) is 4.51. The van der Waals surface area contributed by atoms with Gasteiger partial charge in [-0.05, 0) is 51.8 Å². The zero-order chi connectivity index (χ0) is 14.9. The van der Waals surface area contributed by atoms with Gasteiger partial charge in [-0.3, -0.25) is 0 Å². The fourth-order valence-corrected chi connectivity index (χ4v) is 2.01. The minimum absolute atomic E-state index is 0.0964. The van der Waals surface area contributed by atoms with Crippen LogP contribution in [0.4, 0.5) is 0 Å². The van der Waals surface area contributed by atoms with Gasteiger partial charge in [0.05, 0.1) is 16.9 Å². The van der Waals surface area contributed by atoms with E-state index in [9.17, 15) is 0 Å². The maximum atomic E-state index is 6.04. The minimum atomic E-state index is 0.0964. The summed E-state index contributed by atoms with van der Waals surface area (Å²) in [5.74, 6) is 0.819. The molecule has 0 aliphatic heterocycles. The molecule has 108 valence electrons. The van der Waals surface area contributed by atoms with Crippen molar-refractivity contribution in [1.82, 2.24) is 20.1 Å². The van der Waals surface area contributed by atoms with Crippen molar-refractivity contribution in [2.75, 3.05) is 0 Å². The number of pyridine rings is 1. The van der Waals surface area contributed by atoms with E-state index in [-0.39, 0.29) is 5.54 Å². The molecule has 2 aromatic heterocycles. The number of nitrogens with zero attached hydrogens (tertiary/aromatic N) is 3. The number of rotatable bonds is 3. The number of halogens is 1. The molecule has 0 spiro atoms. The van der Waals surface area contributed by atoms with Crippen LogP contribution in [0.3, 0.4) is 0 Å². The summed E-state index contributed by atoms with van der Waals surface area (Å²) in [5.41, 5.74) is 3.15. The molecule has 0 unspecified atom stereocenters. The van der Waals surface area contributed by atoms with Crippen molar-refractivity contribution in [3.8, 4) is 5.82 Å². The molecule has 0 bridgehead atoms. The van der Waals surface area contributed by atoms with E-state index >= 15 is 0 Å². The molecule has 0 saturated heterocycles. The van der Waals surface area contributed by atoms with E-state index in [1.165, 1.54) is 0 Å². The lowest BCUT2D eigenvalue weighted by Gasteiger charge is -2.20. The standard InChI is InChI=1S/C15H21ClN4/c1-10-6-12(8-18-15(3,4)5)7-17-14(10)20-9-13(16)11(2)19-20/h6-7,9,18H,8H2,1-5H3. The highest BCUT2D eigenvalue weighted by atomic mass is 35.5. The highest BCUT2D eigenvalue weighted by Crippen LogP contribution is 2.18. The van der Waals surface area contributed by atoms with E-state index in [0.717, 1.165) is 29.2 Å². The first kappa shape index (κ1) is 15.0. The Bertz CT molecular complexity index is 591. The fraction of sp³-hybridized carbons (Fsp3) is 0.467. The normalized spacial score (nSPS) is 11.9. The van der Waals surface area contributed by atoms with Crippen molar-refractivity contribution >= 4 is 11.6 Å². The second-order valence-corrected chi connectivity index (χ2v) is 6.50. The Morgan fingerprint density at radius 1 is 1.30 bits per heavy atom. The number of aromatic nitrogens is 3. The van der Waals surface area contributed by atoms with Crippen molar-refractivity contribution < 1.29 is 0 Å². The average molecular weight is 293 g/mol. The van der Waals surface area contributed by atoms with Gasteiger partial charge in [-0.2, -0.15) is 5.10 Å². The topological polar surface area (TPSA) is 42.7 Å². The summed E-state index contributed by atoms with van der Waals surface area (Å²) in [7, 11) is 0. The lowest BCUT2D eigenvalue weighted by molar-refractivity contribution is 0.424. The monoisotopic (exact) mass is 292 g/mol. The van der Waals surface area contributed by atoms with E-state index < -0.39 is 0 Å². The molecule has 1 N–H and O–H groups in total. The molecule has 5 heteroatoms. The summed E-state index contributed by atoms with van der Waals surface area (Å²) >= 11 is 6.04. The summed E-state index contributed by atoms with van der Waals surface area (Å²) in [6, 6.07) is 2.13. The van der Waals surface area contributed by atoms with Crippen LogP contribution in [0.1, 0.15) is 37.6 Å². The quantitative estimate of drug-likeness (QED) is 0.942. The number of hydrogen-bond acceptors (Lipinski definition) is 3. The van der Waals surface area contributed by atoms with Crippen LogP contribution in [0.5, 0.6) is 0 Å². The number of aryl methyl sites for hydroxylation is 2. The van der Waals surface area contributed by atoms with E-state index in [1.807, 2.05) is 20.0 Å². The van der Waals surface area contributed by atoms with Gasteiger partial charge in [0.15, 0.2) is 5.82 Å². The summed E-state index contributed by atoms with van der Waals surface area (Å²) in [5, 5.41) is 8.47. The minimum Gasteiger partial charge on any atom is -0.308 e. The molecule has 4 nitrogen and oxygen atoms in total. The lowest BCUT2D eigenvalue weighted by atomic mass is 10.1. The Morgan fingerprint density at radius 2 is 2.00 bits per heavy atom. The molecule has 0 aliphatic rings. The molecule has 2 heterocycles. The third-order valence-electron chi connectivity index (χ3n) is 2.99. The van der Waals surface area contributed by atoms with Crippen LogP contribution in [-0.4, -0.2) is 20.3 Å². The van der Waals surface area contributed by atoms with Crippen molar-refractivity contribution in [1.29, 1.82) is 0 Å². The first-order valence-electron chi connectivity index (χ1n) is 6.69. The summed E-state index contributed by atoms with van der Waals surface area (Å²) < 4.78 is 1.73. The summed E-state index contributed by atoms with van der Waals surface area (Å²) in [6.07, 6.45) is 3.67. The molecule has 0 atom stereocenters. The first-order chi connectivity index (χ1) is 9.26. The second-order valence-electron chi connectivity index (χ2n) is 6.09. The third-order valence-corrected chi connectivity index (χ3v) is 3.36. The largest absolute Gasteiger partial charge is 0.308 e. The van der Waals surface area contributed by atoms with Crippen LogP contribution in [0, 0.1) is 13.8 Å². The number of nitrogens with one attached hydrogen (secondary N) is 1. The molecule has 0 fully saturated rings. The zero-order valence-electron chi connectivity index (χ0n) is 12.7. The Morgan fingerprint density at radius 3 is 2.50 bits per heavy atom. The molecule has 20 heavy (non-hydrogen) atoms. The molecule has 0 aromatic carbocycles. The summed E-state index contributed by atoms with van der Waals surface area (Å²) in [6.45, 7) is 11.2. The highest BCUT2D eigenvalue weighted by molar-refractivity contribution is 6.31. The van der Waals surface area contributed by atoms with Gasteiger partial charge < -0.3 is 5.32 Å². The van der Waals surface area contributed by atoms with Crippen LogP contribution in [-0.2, 0) is 6.54 Å². The van der Waals surface area contributed by atoms with E-state index in [1.54, 1.807) is 10.9 Å². The van der Waals surface area contributed by atoms with Crippen molar-refractivity contribution in [3.05, 3.63) is 40.3 Å². The predicted octanol–water partition coefficient (Wildman–Crippen LogP) is 3.43. The van der Waals surface area contributed by atoms with Gasteiger partial charge in [0.1, 0.15) is 0 Å². The Balaban J connectivity index is 2.22. The van der Waals surface area contributed by atoms with Crippen LogP contribution >= 0.6 is 11.6 Å². The molecule has 0 amide bonds. The van der Waals surface area contributed by atoms with Gasteiger partial charge in [-0.25, -0.2) is 9.67 Å². The van der Waals surface area contributed by atoms with E-state index in [0.29, 0.717) is 5.02 Å². The Hall–Kier alpha value is -1.39. The fourth-order valence-electron chi connectivity index (χ4n) is 1.88. The van der Waals surface area contributed by atoms with Crippen LogP contribution in [0.25, 0.3) is 5.82 Å². The Labute approximate surface area is 125 Å². The maximum absolute atomic E-state index is 6.04. The predicted molar refractivity (Wildman–Crippen MR) is 82.4 cm³/mol. The third kappa shape index (κ3) is 3.58. The van der Waals surface area contributed by atoms with Gasteiger partial charge >= 0.3 is 0 Å². The van der Waals surface area contributed by atoms with Crippen molar-refractivity contribution in [3.63, 3.8) is 0 Å². The first-order valence-corrected chi connectivity index (χ1v) is 7.07.